The molecule has 1 unspecified atom stereocenters. The zero-order valence-electron chi connectivity index (χ0n) is 13.4. The number of ether oxygens (including phenoxy) is 1. The van der Waals surface area contributed by atoms with Crippen molar-refractivity contribution >= 4 is 12.1 Å². The predicted molar refractivity (Wildman–Crippen MR) is 77.1 cm³/mol. The zero-order chi connectivity index (χ0) is 16.4. The molecule has 1 heterocycles. The van der Waals surface area contributed by atoms with Crippen LogP contribution in [0.1, 0.15) is 39.1 Å². The van der Waals surface area contributed by atoms with E-state index in [1.165, 1.54) is 6.92 Å². The molecule has 21 heavy (non-hydrogen) atoms. The third-order valence-electron chi connectivity index (χ3n) is 3.08. The van der Waals surface area contributed by atoms with Gasteiger partial charge in [-0.05, 0) is 41.5 Å². The van der Waals surface area contributed by atoms with Gasteiger partial charge < -0.3 is 19.7 Å². The number of carbonyl (C=O) groups is 2. The Hall–Kier alpha value is -2.05. The molecule has 0 spiro atoms. The van der Waals surface area contributed by atoms with E-state index in [9.17, 15) is 14.7 Å². The van der Waals surface area contributed by atoms with E-state index in [1.54, 1.807) is 31.7 Å². The van der Waals surface area contributed by atoms with Crippen molar-refractivity contribution < 1.29 is 19.4 Å². The molecule has 0 aromatic carbocycles. The van der Waals surface area contributed by atoms with Gasteiger partial charge in [-0.25, -0.2) is 14.6 Å². The molecule has 1 aromatic heterocycles. The van der Waals surface area contributed by atoms with E-state index >= 15 is 0 Å². The number of alkyl carbamates (subject to hydrolysis) is 1. The Morgan fingerprint density at radius 3 is 2.29 bits per heavy atom. The number of carboxylic acid groups (broad SMARTS) is 1. The third kappa shape index (κ3) is 4.47. The predicted octanol–water partition coefficient (Wildman–Crippen LogP) is 1.87. The molecule has 0 saturated carbocycles. The summed E-state index contributed by atoms with van der Waals surface area (Å²) in [5.74, 6) is -1.14. The molecule has 0 aliphatic rings. The zero-order valence-corrected chi connectivity index (χ0v) is 13.4. The molecule has 1 amide bonds. The first-order valence-corrected chi connectivity index (χ1v) is 6.67. The van der Waals surface area contributed by atoms with Crippen molar-refractivity contribution in [2.24, 2.45) is 0 Å². The molecule has 1 atom stereocenters. The van der Waals surface area contributed by atoms with Crippen molar-refractivity contribution in [3.63, 3.8) is 0 Å². The second-order valence-electron chi connectivity index (χ2n) is 6.31. The maximum atomic E-state index is 11.8. The summed E-state index contributed by atoms with van der Waals surface area (Å²) in [5.41, 5.74) is -0.501. The minimum atomic E-state index is -1.49. The summed E-state index contributed by atoms with van der Waals surface area (Å²) in [6.45, 7) is 10.3. The van der Waals surface area contributed by atoms with Gasteiger partial charge in [0.1, 0.15) is 5.60 Å². The van der Waals surface area contributed by atoms with E-state index in [0.29, 0.717) is 0 Å². The topological polar surface area (TPSA) is 93.5 Å². The smallest absolute Gasteiger partial charge is 0.408 e. The van der Waals surface area contributed by atoms with Gasteiger partial charge in [0.25, 0.3) is 0 Å². The molecule has 7 nitrogen and oxygen atoms in total. The van der Waals surface area contributed by atoms with Crippen LogP contribution in [0.2, 0.25) is 0 Å². The van der Waals surface area contributed by atoms with Gasteiger partial charge >= 0.3 is 12.1 Å². The number of imidazole rings is 1. The standard InChI is InChI=1S/C14H23N3O4/c1-9-10(2)17(8-15-9)7-14(6,11(18)19)16-12(20)21-13(3,4)5/h8H,7H2,1-6H3,(H,16,20)(H,18,19). The molecule has 0 aliphatic heterocycles. The number of aromatic nitrogens is 2. The van der Waals surface area contributed by atoms with Crippen molar-refractivity contribution in [2.45, 2.75) is 59.2 Å². The van der Waals surface area contributed by atoms with Gasteiger partial charge in [0, 0.05) is 5.69 Å². The second kappa shape index (κ2) is 5.75. The molecule has 1 rings (SSSR count). The van der Waals surface area contributed by atoms with Crippen molar-refractivity contribution in [1.82, 2.24) is 14.9 Å². The number of hydrogen-bond acceptors (Lipinski definition) is 4. The highest BCUT2D eigenvalue weighted by atomic mass is 16.6. The van der Waals surface area contributed by atoms with E-state index in [2.05, 4.69) is 10.3 Å². The maximum Gasteiger partial charge on any atom is 0.408 e. The Morgan fingerprint density at radius 1 is 1.33 bits per heavy atom. The quantitative estimate of drug-likeness (QED) is 0.885. The molecule has 0 bridgehead atoms. The summed E-state index contributed by atoms with van der Waals surface area (Å²) in [6, 6.07) is 0. The number of nitrogens with one attached hydrogen (secondary N) is 1. The Morgan fingerprint density at radius 2 is 1.90 bits per heavy atom. The first kappa shape index (κ1) is 17.0. The number of amides is 1. The van der Waals surface area contributed by atoms with Gasteiger partial charge in [-0.1, -0.05) is 0 Å². The summed E-state index contributed by atoms with van der Waals surface area (Å²) in [7, 11) is 0. The van der Waals surface area contributed by atoms with Crippen LogP contribution in [-0.4, -0.2) is 37.9 Å². The van der Waals surface area contributed by atoms with Crippen LogP contribution < -0.4 is 5.32 Å². The van der Waals surface area contributed by atoms with Crippen molar-refractivity contribution in [3.8, 4) is 0 Å². The fourth-order valence-corrected chi connectivity index (χ4v) is 1.73. The highest BCUT2D eigenvalue weighted by Crippen LogP contribution is 2.14. The van der Waals surface area contributed by atoms with Crippen LogP contribution in [0.15, 0.2) is 6.33 Å². The van der Waals surface area contributed by atoms with E-state index in [-0.39, 0.29) is 6.54 Å². The van der Waals surface area contributed by atoms with Crippen LogP contribution in [0.4, 0.5) is 4.79 Å². The Kier molecular flexibility index (Phi) is 4.65. The Labute approximate surface area is 124 Å². The normalized spacial score (nSPS) is 14.4. The molecule has 7 heteroatoms. The number of aliphatic carboxylic acids is 1. The van der Waals surface area contributed by atoms with E-state index in [0.717, 1.165) is 11.4 Å². The SMILES string of the molecule is Cc1ncn(CC(C)(NC(=O)OC(C)(C)C)C(=O)O)c1C. The number of carboxylic acids is 1. The van der Waals surface area contributed by atoms with E-state index < -0.39 is 23.2 Å². The van der Waals surface area contributed by atoms with Crippen LogP contribution in [0, 0.1) is 13.8 Å². The molecule has 2 N–H and O–H groups in total. The number of aryl methyl sites for hydroxylation is 1. The van der Waals surface area contributed by atoms with Gasteiger partial charge in [-0.15, -0.1) is 0 Å². The lowest BCUT2D eigenvalue weighted by Crippen LogP contribution is -2.56. The number of rotatable bonds is 4. The highest BCUT2D eigenvalue weighted by Gasteiger charge is 2.37. The molecule has 0 aliphatic carbocycles. The summed E-state index contributed by atoms with van der Waals surface area (Å²) >= 11 is 0. The lowest BCUT2D eigenvalue weighted by Gasteiger charge is -2.29. The maximum absolute atomic E-state index is 11.8. The summed E-state index contributed by atoms with van der Waals surface area (Å²) in [6.07, 6.45) is 0.796. The lowest BCUT2D eigenvalue weighted by atomic mass is 10.0. The van der Waals surface area contributed by atoms with Gasteiger partial charge in [-0.2, -0.15) is 0 Å². The summed E-state index contributed by atoms with van der Waals surface area (Å²) in [5, 5.41) is 11.9. The average Bonchev–Trinajstić information content (AvgIpc) is 2.57. The number of carbonyl (C=O) groups excluding carboxylic acids is 1. The minimum Gasteiger partial charge on any atom is -0.479 e. The van der Waals surface area contributed by atoms with Crippen molar-refractivity contribution in [3.05, 3.63) is 17.7 Å². The fraction of sp³-hybridized carbons (Fsp3) is 0.643. The van der Waals surface area contributed by atoms with Crippen LogP contribution in [-0.2, 0) is 16.1 Å². The van der Waals surface area contributed by atoms with Crippen LogP contribution >= 0.6 is 0 Å². The second-order valence-corrected chi connectivity index (χ2v) is 6.31. The molecule has 118 valence electrons. The van der Waals surface area contributed by atoms with Gasteiger partial charge in [0.2, 0.25) is 0 Å². The molecule has 0 radical (unpaired) electrons. The first-order chi connectivity index (χ1) is 9.44. The van der Waals surface area contributed by atoms with E-state index in [4.69, 9.17) is 4.74 Å². The third-order valence-corrected chi connectivity index (χ3v) is 3.08. The summed E-state index contributed by atoms with van der Waals surface area (Å²) < 4.78 is 6.81. The molecule has 0 fully saturated rings. The van der Waals surface area contributed by atoms with Gasteiger partial charge in [-0.3, -0.25) is 0 Å². The van der Waals surface area contributed by atoms with E-state index in [1.807, 2.05) is 13.8 Å². The minimum absolute atomic E-state index is 0.0637. The van der Waals surface area contributed by atoms with Crippen LogP contribution in [0.5, 0.6) is 0 Å². The Balaban J connectivity index is 2.91. The Bertz CT molecular complexity index is 545. The van der Waals surface area contributed by atoms with Crippen molar-refractivity contribution in [2.75, 3.05) is 0 Å². The molecular weight excluding hydrogens is 274 g/mol. The molecular formula is C14H23N3O4. The monoisotopic (exact) mass is 297 g/mol. The van der Waals surface area contributed by atoms with Gasteiger partial charge in [0.05, 0.1) is 18.6 Å². The van der Waals surface area contributed by atoms with Gasteiger partial charge in [0.15, 0.2) is 5.54 Å². The summed E-state index contributed by atoms with van der Waals surface area (Å²) in [4.78, 5) is 27.5. The first-order valence-electron chi connectivity index (χ1n) is 6.67. The van der Waals surface area contributed by atoms with Crippen LogP contribution in [0.25, 0.3) is 0 Å². The van der Waals surface area contributed by atoms with Crippen molar-refractivity contribution in [1.29, 1.82) is 0 Å². The number of nitrogens with zero attached hydrogens (tertiary/aromatic N) is 2. The lowest BCUT2D eigenvalue weighted by molar-refractivity contribution is -0.144. The largest absolute Gasteiger partial charge is 0.479 e. The fourth-order valence-electron chi connectivity index (χ4n) is 1.73. The highest BCUT2D eigenvalue weighted by molar-refractivity contribution is 5.83. The average molecular weight is 297 g/mol. The van der Waals surface area contributed by atoms with Crippen LogP contribution in [0.3, 0.4) is 0 Å². The molecule has 0 saturated heterocycles. The molecule has 1 aromatic rings. The number of hydrogen-bond donors (Lipinski definition) is 2.